The summed E-state index contributed by atoms with van der Waals surface area (Å²) in [6.07, 6.45) is 19.7. The Morgan fingerprint density at radius 3 is 1.19 bits per heavy atom. The summed E-state index contributed by atoms with van der Waals surface area (Å²) >= 11 is 0. The van der Waals surface area contributed by atoms with E-state index in [9.17, 15) is 9.59 Å². The Morgan fingerprint density at radius 1 is 0.475 bits per heavy atom. The molecule has 3 atom stereocenters. The van der Waals surface area contributed by atoms with Crippen molar-refractivity contribution in [3.63, 3.8) is 0 Å². The van der Waals surface area contributed by atoms with Crippen molar-refractivity contribution in [2.75, 3.05) is 13.1 Å². The molecule has 4 nitrogen and oxygen atoms in total. The summed E-state index contributed by atoms with van der Waals surface area (Å²) < 4.78 is 0. The minimum Gasteiger partial charge on any atom is -0.481 e. The predicted molar refractivity (Wildman–Crippen MR) is 241 cm³/mol. The van der Waals surface area contributed by atoms with Crippen molar-refractivity contribution in [2.45, 2.75) is 130 Å². The second kappa shape index (κ2) is 40.4. The Hall–Kier alpha value is -7.22. The molecule has 1 amide bonds. The van der Waals surface area contributed by atoms with Gasteiger partial charge in [0.1, 0.15) is 0 Å². The van der Waals surface area contributed by atoms with Gasteiger partial charge < -0.3 is 10.0 Å². The predicted octanol–water partition coefficient (Wildman–Crippen LogP) is 7.75. The highest BCUT2D eigenvalue weighted by molar-refractivity contribution is 5.79. The normalized spacial score (nSPS) is 9.47. The molecular formula is C55H53NO3. The number of carbonyl (C=O) groups excluding carboxylic acids is 1. The zero-order valence-electron chi connectivity index (χ0n) is 35.2. The lowest BCUT2D eigenvalue weighted by Crippen LogP contribution is -2.42. The van der Waals surface area contributed by atoms with Gasteiger partial charge in [-0.15, -0.1) is 6.42 Å². The molecule has 0 aromatic heterocycles. The molecule has 0 aliphatic heterocycles. The average molecular weight is 776 g/mol. The molecule has 0 aliphatic rings. The number of nitrogens with zero attached hydrogens (tertiary/aromatic N) is 1. The minimum absolute atomic E-state index is 0.0824. The molecular weight excluding hydrogens is 723 g/mol. The van der Waals surface area contributed by atoms with E-state index in [4.69, 9.17) is 11.5 Å². The Labute approximate surface area is 357 Å². The van der Waals surface area contributed by atoms with Crippen LogP contribution in [-0.4, -0.2) is 35.0 Å². The maximum absolute atomic E-state index is 14.2. The van der Waals surface area contributed by atoms with Crippen LogP contribution in [0.5, 0.6) is 0 Å². The first kappa shape index (κ1) is 51.8. The standard InChI is InChI=1S/C55H53NO3/c1-6-11-12-13-14-15-16-17-18-19-20-21-22-23-24-25-26-27-28-29-30-31-32-33-34-35-38-41-46-53(47-42-39-36-37-40-43-48-54(57)58)55(59)56(49-51(9-4)44-7-2)50-52(10-5)45-8-3/h1,51-53H,7-10,36-37,39-50H2,2-5H3,(H,57,58). The third kappa shape index (κ3) is 33.8. The maximum atomic E-state index is 14.2. The topological polar surface area (TPSA) is 57.6 Å². The largest absolute Gasteiger partial charge is 0.481 e. The molecule has 296 valence electrons. The molecule has 59 heavy (non-hydrogen) atoms. The van der Waals surface area contributed by atoms with Crippen LogP contribution in [0.3, 0.4) is 0 Å². The van der Waals surface area contributed by atoms with Gasteiger partial charge in [-0.05, 0) is 139 Å². The highest BCUT2D eigenvalue weighted by Gasteiger charge is 2.27. The molecule has 3 unspecified atom stereocenters. The van der Waals surface area contributed by atoms with Gasteiger partial charge in [0.2, 0.25) is 5.91 Å². The van der Waals surface area contributed by atoms with Crippen LogP contribution in [0, 0.1) is 184 Å². The number of terminal acetylenes is 1. The molecule has 0 bridgehead atoms. The monoisotopic (exact) mass is 775 g/mol. The summed E-state index contributed by atoms with van der Waals surface area (Å²) in [6.45, 7) is 10.5. The Balaban J connectivity index is 5.35. The van der Waals surface area contributed by atoms with E-state index in [0.29, 0.717) is 24.7 Å². The third-order valence-electron chi connectivity index (χ3n) is 8.64. The van der Waals surface area contributed by atoms with Gasteiger partial charge >= 0.3 is 5.97 Å². The highest BCUT2D eigenvalue weighted by atomic mass is 16.4. The number of hydrogen-bond donors (Lipinski definition) is 1. The van der Waals surface area contributed by atoms with Crippen LogP contribution in [0.15, 0.2) is 0 Å². The van der Waals surface area contributed by atoms with Crippen molar-refractivity contribution in [3.8, 4) is 166 Å². The first-order valence-electron chi connectivity index (χ1n) is 20.4. The second-order valence-corrected chi connectivity index (χ2v) is 13.1. The van der Waals surface area contributed by atoms with Crippen LogP contribution in [-0.2, 0) is 9.59 Å². The van der Waals surface area contributed by atoms with Crippen molar-refractivity contribution < 1.29 is 14.7 Å². The molecule has 0 rings (SSSR count). The van der Waals surface area contributed by atoms with Crippen molar-refractivity contribution in [2.24, 2.45) is 17.8 Å². The number of carboxylic acids is 1. The molecule has 0 saturated heterocycles. The van der Waals surface area contributed by atoms with Gasteiger partial charge in [-0.2, -0.15) is 0 Å². The van der Waals surface area contributed by atoms with E-state index in [-0.39, 0.29) is 18.2 Å². The number of unbranched alkanes of at least 4 members (excludes halogenated alkanes) is 5. The molecule has 0 aliphatic carbocycles. The number of carbonyl (C=O) groups is 2. The van der Waals surface area contributed by atoms with Crippen LogP contribution in [0.1, 0.15) is 130 Å². The van der Waals surface area contributed by atoms with E-state index in [2.05, 4.69) is 192 Å². The fourth-order valence-corrected chi connectivity index (χ4v) is 5.67. The summed E-state index contributed by atoms with van der Waals surface area (Å²) in [5.74, 6) is 69.5. The Bertz CT molecular complexity index is 2240. The van der Waals surface area contributed by atoms with E-state index in [1.165, 1.54) is 0 Å². The number of hydrogen-bond acceptors (Lipinski definition) is 2. The maximum Gasteiger partial charge on any atom is 0.303 e. The lowest BCUT2D eigenvalue weighted by Gasteiger charge is -2.33. The molecule has 0 aromatic rings. The van der Waals surface area contributed by atoms with E-state index in [0.717, 1.165) is 96.6 Å². The van der Waals surface area contributed by atoms with Crippen LogP contribution >= 0.6 is 0 Å². The lowest BCUT2D eigenvalue weighted by atomic mass is 9.91. The van der Waals surface area contributed by atoms with Crippen LogP contribution in [0.25, 0.3) is 0 Å². The Kier molecular flexibility index (Phi) is 35.5. The van der Waals surface area contributed by atoms with E-state index < -0.39 is 5.97 Å². The number of amides is 1. The third-order valence-corrected chi connectivity index (χ3v) is 8.64. The fraction of sp³-hybridized carbons (Fsp3) is 0.455. The summed E-state index contributed by atoms with van der Waals surface area (Å²) in [4.78, 5) is 27.2. The molecule has 0 spiro atoms. The van der Waals surface area contributed by atoms with Gasteiger partial charge in [0.25, 0.3) is 0 Å². The zero-order chi connectivity index (χ0) is 43.3. The van der Waals surface area contributed by atoms with Crippen LogP contribution < -0.4 is 0 Å². The smallest absolute Gasteiger partial charge is 0.303 e. The van der Waals surface area contributed by atoms with E-state index in [1.54, 1.807) is 0 Å². The van der Waals surface area contributed by atoms with Crippen molar-refractivity contribution >= 4 is 11.9 Å². The zero-order valence-corrected chi connectivity index (χ0v) is 35.2. The molecule has 0 saturated carbocycles. The Morgan fingerprint density at radius 2 is 0.831 bits per heavy atom. The minimum atomic E-state index is -0.736. The summed E-state index contributed by atoms with van der Waals surface area (Å²) in [5.41, 5.74) is 0. The number of rotatable bonds is 22. The van der Waals surface area contributed by atoms with Gasteiger partial charge in [-0.3, -0.25) is 9.59 Å². The van der Waals surface area contributed by atoms with Crippen molar-refractivity contribution in [1.82, 2.24) is 4.90 Å². The summed E-state index contributed by atoms with van der Waals surface area (Å²) in [5, 5.41) is 8.88. The highest BCUT2D eigenvalue weighted by Crippen LogP contribution is 2.24. The summed E-state index contributed by atoms with van der Waals surface area (Å²) in [6, 6.07) is 0. The molecule has 0 heterocycles. The fourth-order valence-electron chi connectivity index (χ4n) is 5.67. The number of carboxylic acid groups (broad SMARTS) is 1. The van der Waals surface area contributed by atoms with Gasteiger partial charge in [-0.25, -0.2) is 0 Å². The first-order chi connectivity index (χ1) is 28.9. The van der Waals surface area contributed by atoms with Gasteiger partial charge in [0, 0.05) is 91.1 Å². The second-order valence-electron chi connectivity index (χ2n) is 13.1. The van der Waals surface area contributed by atoms with Gasteiger partial charge in [-0.1, -0.05) is 91.4 Å². The van der Waals surface area contributed by atoms with Crippen molar-refractivity contribution in [3.05, 3.63) is 0 Å². The average Bonchev–Trinajstić information content (AvgIpc) is 3.23. The van der Waals surface area contributed by atoms with Crippen molar-refractivity contribution in [1.29, 1.82) is 0 Å². The quantitative estimate of drug-likeness (QED) is 0.0905. The first-order valence-corrected chi connectivity index (χ1v) is 20.4. The van der Waals surface area contributed by atoms with Crippen LogP contribution in [0.4, 0.5) is 0 Å². The molecule has 4 heteroatoms. The van der Waals surface area contributed by atoms with Gasteiger partial charge in [0.05, 0.1) is 0 Å². The summed E-state index contributed by atoms with van der Waals surface area (Å²) in [7, 11) is 0. The van der Waals surface area contributed by atoms with E-state index in [1.807, 2.05) is 0 Å². The molecule has 0 fully saturated rings. The molecule has 1 N–H and O–H groups in total. The van der Waals surface area contributed by atoms with E-state index >= 15 is 0 Å². The number of aliphatic carboxylic acids is 1. The SMILES string of the molecule is C#CC#CC#CC#CC#CC#CC#CC#CC#CC#CC#CC#CC#CC#CCCC(CCCCCCCCC(=O)O)C(=O)N(CC(CC)CCC)CC(CC)CCC. The van der Waals surface area contributed by atoms with Crippen LogP contribution in [0.2, 0.25) is 0 Å². The molecule has 0 radical (unpaired) electrons. The molecule has 0 aromatic carbocycles. The lowest BCUT2D eigenvalue weighted by molar-refractivity contribution is -0.138. The van der Waals surface area contributed by atoms with Gasteiger partial charge in [0.15, 0.2) is 0 Å².